The van der Waals surface area contributed by atoms with Gasteiger partial charge in [-0.1, -0.05) is 241 Å². The maximum atomic E-state index is 8.85. The lowest BCUT2D eigenvalue weighted by Crippen LogP contribution is -2.35. The van der Waals surface area contributed by atoms with E-state index in [0.29, 0.717) is 101 Å². The van der Waals surface area contributed by atoms with Crippen molar-refractivity contribution in [1.29, 1.82) is 0 Å². The van der Waals surface area contributed by atoms with E-state index in [0.717, 1.165) is 138 Å². The standard InChI is InChI=1S/C31H29N2O.C30H27N2O.C29H25N2O.C28H23N2O.3CH4/c1-20-12-13-24-26-18-23(32-5)17-25(22-10-8-7-9-11-22)29(26)34-30(24)28(20)27-16-21(14-15-33(27)6)19-31(2,3)4;1-19(2)15-21-13-14-32(5)27(16-21)28-20(3)11-12-24-26-18-23(31-4)17-25(29(26)33-30(24)28)22-9-7-6-8-10-22;1-18(2)21-13-14-31(5)26(15-21)27-19(3)11-12-23-25-17-22(30-4)16-24(28(25)32-29(23)27)20-9-7-6-8-10-20;1-17-12-14-25(30(5)19(17)3)26-18(2)11-13-22-24-16-21(29-4)15-23(27(24)31-28(22)26)20-9-7-6-8-10-20;;;/h7-18H,19H2,1-4,6H3;6-14,16-19H,15H2,1-3,5H3;6-18H,1-3,5H3;6-16H,1-3,5H3;3*1H4/q4*+1;;;/i14D,19D2;13D,15D2;1D3,13D,18D;1D3,12D,14D;;;. The lowest BCUT2D eigenvalue weighted by atomic mass is 9.88. The number of furan rings is 4. The molecule has 0 saturated carbocycles. The molecule has 133 heavy (non-hydrogen) atoms. The van der Waals surface area contributed by atoms with E-state index in [1.54, 1.807) is 66.8 Å². The Balaban J connectivity index is 0.000000156. The fraction of sp³-hybridized carbons (Fsp3) is 0.207. The van der Waals surface area contributed by atoms with Gasteiger partial charge in [-0.2, -0.15) is 4.57 Å². The first kappa shape index (κ1) is 74.2. The Kier molecular flexibility index (Phi) is 21.5. The fourth-order valence-corrected chi connectivity index (χ4v) is 17.2. The Morgan fingerprint density at radius 2 is 0.669 bits per heavy atom. The summed E-state index contributed by atoms with van der Waals surface area (Å²) in [5.41, 5.74) is 24.3. The lowest BCUT2D eigenvalue weighted by molar-refractivity contribution is -0.667. The van der Waals surface area contributed by atoms with Gasteiger partial charge >= 0.3 is 0 Å². The summed E-state index contributed by atoms with van der Waals surface area (Å²) in [5, 5.41) is 6.76. The smallest absolute Gasteiger partial charge is 0.216 e. The van der Waals surface area contributed by atoms with E-state index in [1.165, 1.54) is 13.1 Å². The zero-order valence-corrected chi connectivity index (χ0v) is 75.0. The summed E-state index contributed by atoms with van der Waals surface area (Å²) in [4.78, 5) is 14.8. The van der Waals surface area contributed by atoms with Crippen LogP contribution >= 0.6 is 0 Å². The van der Waals surface area contributed by atoms with Crippen molar-refractivity contribution in [3.05, 3.63) is 381 Å². The number of hydrogen-bond acceptors (Lipinski definition) is 4. The van der Waals surface area contributed by atoms with Crippen molar-refractivity contribution in [1.82, 2.24) is 0 Å². The van der Waals surface area contributed by atoms with Crippen LogP contribution in [-0.4, -0.2) is 0 Å². The second kappa shape index (κ2) is 38.6. The molecule has 12 aromatic carbocycles. The Bertz CT molecular complexity index is 8630. The molecule has 8 aromatic heterocycles. The molecule has 0 bridgehead atoms. The van der Waals surface area contributed by atoms with E-state index < -0.39 is 37.8 Å². The molecule has 12 nitrogen and oxygen atoms in total. The normalized spacial score (nSPS) is 13.8. The molecule has 1 atom stereocenters. The van der Waals surface area contributed by atoms with Crippen LogP contribution in [0.15, 0.2) is 303 Å². The highest BCUT2D eigenvalue weighted by Gasteiger charge is 2.30. The Labute approximate surface area is 805 Å². The highest BCUT2D eigenvalue weighted by Crippen LogP contribution is 2.49. The second-order valence-corrected chi connectivity index (χ2v) is 34.2. The van der Waals surface area contributed by atoms with E-state index in [9.17, 15) is 0 Å². The van der Waals surface area contributed by atoms with Crippen molar-refractivity contribution in [3.8, 4) is 89.5 Å². The van der Waals surface area contributed by atoms with Crippen LogP contribution in [0.3, 0.4) is 0 Å². The molecule has 1 unspecified atom stereocenters. The van der Waals surface area contributed by atoms with Gasteiger partial charge in [0, 0.05) is 135 Å². The van der Waals surface area contributed by atoms with Gasteiger partial charge in [0.2, 0.25) is 22.8 Å². The zero-order chi connectivity index (χ0) is 105. The summed E-state index contributed by atoms with van der Waals surface area (Å²) in [5.74, 6) is -2.25. The lowest BCUT2D eigenvalue weighted by Gasteiger charge is -2.18. The summed E-state index contributed by atoms with van der Waals surface area (Å²) in [6, 6.07) is 75.0. The molecule has 0 aliphatic rings. The van der Waals surface area contributed by atoms with Gasteiger partial charge in [-0.25, -0.2) is 33.1 Å². The monoisotopic (exact) mass is 1760 g/mol. The Morgan fingerprint density at radius 1 is 0.361 bits per heavy atom. The number of rotatable bonds is 12. The SMILES string of the molecule is C.C.C.[2H]c1c([2H])c(-c2c(C)ccc3c2oc2c(-c4ccccc4)cc([N+]#[C-])cc23)[n+](C)c(C)c1C([2H])([2H])[2H].[2H]c1c[n+](C)c(-c2c(C)ccc3c2oc2c(-c4ccccc4)cc([N+]#[C-])cc23)cc1C([2H])(C)C([2H])([2H])[2H].[2H]c1c[n+](C)c(-c2c(C)ccc3c2oc2c(-c4ccccc4)cc([N+]#[C-])cc23)cc1C([2H])([2H])C(C)(C)C.[2H]c1c[n+](C)c(-c2c(C)ccc3c2oc2c(-c4ccccc4)cc([N+]#[C-])cc23)cc1C([2H])([2H])C(C)C. The van der Waals surface area contributed by atoms with Gasteiger partial charge in [0.25, 0.3) is 0 Å². The van der Waals surface area contributed by atoms with Gasteiger partial charge in [-0.15, -0.1) is 0 Å². The average molecular weight is 1760 g/mol. The van der Waals surface area contributed by atoms with E-state index in [1.807, 2.05) is 298 Å². The molecule has 0 aliphatic heterocycles. The van der Waals surface area contributed by atoms with Crippen LogP contribution in [0.25, 0.3) is 197 Å². The van der Waals surface area contributed by atoms with E-state index in [-0.39, 0.29) is 69.5 Å². The van der Waals surface area contributed by atoms with Crippen LogP contribution in [0, 0.1) is 79.1 Å². The van der Waals surface area contributed by atoms with E-state index >= 15 is 0 Å². The molecule has 20 rings (SSSR count). The van der Waals surface area contributed by atoms with Gasteiger partial charge in [0.05, 0.1) is 55.4 Å². The third-order valence-electron chi connectivity index (χ3n) is 23.7. The molecule has 0 N–H and O–H groups in total. The van der Waals surface area contributed by atoms with Gasteiger partial charge in [-0.3, -0.25) is 0 Å². The first-order chi connectivity index (χ1) is 69.0. The summed E-state index contributed by atoms with van der Waals surface area (Å²) in [6.07, 6.45) is 1.51. The average Bonchev–Trinajstić information content (AvgIpc) is 1.69. The number of aromatic nitrogens is 4. The van der Waals surface area contributed by atoms with E-state index in [2.05, 4.69) is 19.4 Å². The van der Waals surface area contributed by atoms with Crippen LogP contribution in [0.4, 0.5) is 22.7 Å². The molecule has 20 aromatic rings. The van der Waals surface area contributed by atoms with Crippen molar-refractivity contribution in [3.63, 3.8) is 0 Å². The van der Waals surface area contributed by atoms with Gasteiger partial charge in [-0.05, 0) is 180 Å². The maximum absolute atomic E-state index is 8.85. The third kappa shape index (κ3) is 18.2. The second-order valence-electron chi connectivity index (χ2n) is 34.2. The van der Waals surface area contributed by atoms with Gasteiger partial charge in [0.1, 0.15) is 72.9 Å². The quantitative estimate of drug-likeness (QED) is 0.0901. The minimum Gasteiger partial charge on any atom is -0.455 e. The predicted octanol–water partition coefficient (Wildman–Crippen LogP) is 32.9. The van der Waals surface area contributed by atoms with Crippen molar-refractivity contribution in [2.45, 2.75) is 131 Å². The molecule has 0 spiro atoms. The van der Waals surface area contributed by atoms with Crippen LogP contribution in [0.5, 0.6) is 0 Å². The Hall–Kier alpha value is -15.6. The highest BCUT2D eigenvalue weighted by molar-refractivity contribution is 6.18. The fourth-order valence-electron chi connectivity index (χ4n) is 17.2. The molecule has 8 heterocycles. The molecule has 0 aliphatic carbocycles. The minimum atomic E-state index is -2.61. The summed E-state index contributed by atoms with van der Waals surface area (Å²) in [6.45, 7) is 45.5. The topological polar surface area (TPSA) is 85.5 Å². The van der Waals surface area contributed by atoms with Crippen molar-refractivity contribution >= 4 is 111 Å². The molecule has 0 radical (unpaired) electrons. The molecule has 660 valence electrons. The van der Waals surface area contributed by atoms with Gasteiger partial charge < -0.3 is 17.7 Å². The molecule has 0 fully saturated rings. The molecular formula is C121H116N8O4+4. The number of fused-ring (bicyclic) bond motifs is 12. The molecule has 0 amide bonds. The number of hydrogen-bond donors (Lipinski definition) is 0. The molecule has 12 heteroatoms. The Morgan fingerprint density at radius 3 is 0.977 bits per heavy atom. The number of pyridine rings is 4. The highest BCUT2D eigenvalue weighted by atomic mass is 16.3. The summed E-state index contributed by atoms with van der Waals surface area (Å²) >= 11 is 0. The predicted molar refractivity (Wildman–Crippen MR) is 553 cm³/mol. The number of aryl methyl sites for hydroxylation is 7. The molecule has 0 saturated heterocycles. The maximum Gasteiger partial charge on any atom is 0.216 e. The van der Waals surface area contributed by atoms with Crippen LogP contribution in [0.2, 0.25) is 0 Å². The summed E-state index contributed by atoms with van der Waals surface area (Å²) in [7, 11) is 7.25. The third-order valence-corrected chi connectivity index (χ3v) is 23.7. The number of benzene rings is 12. The van der Waals surface area contributed by atoms with Crippen molar-refractivity contribution in [2.24, 2.45) is 39.5 Å². The number of nitrogens with zero attached hydrogens (tertiary/aromatic N) is 8. The first-order valence-corrected chi connectivity index (χ1v) is 42.8. The first-order valence-electron chi connectivity index (χ1n) is 50.8. The zero-order valence-electron chi connectivity index (χ0n) is 91.0. The largest absolute Gasteiger partial charge is 0.455 e. The van der Waals surface area contributed by atoms with Crippen molar-refractivity contribution in [2.75, 3.05) is 0 Å². The van der Waals surface area contributed by atoms with Crippen LogP contribution in [0.1, 0.15) is 149 Å². The van der Waals surface area contributed by atoms with E-state index in [4.69, 9.17) is 65.9 Å². The summed E-state index contributed by atoms with van der Waals surface area (Å²) < 4.78 is 167. The van der Waals surface area contributed by atoms with Crippen molar-refractivity contribution < 1.29 is 57.9 Å². The minimum absolute atomic E-state index is 0. The molecular weight excluding hydrogens is 1630 g/mol. The van der Waals surface area contributed by atoms with Gasteiger partial charge in [0.15, 0.2) is 47.0 Å². The van der Waals surface area contributed by atoms with Crippen LogP contribution in [-0.2, 0) is 40.9 Å². The van der Waals surface area contributed by atoms with Crippen LogP contribution < -0.4 is 18.3 Å².